The Kier molecular flexibility index (Phi) is 3.72. The summed E-state index contributed by atoms with van der Waals surface area (Å²) in [5, 5.41) is 23.8. The zero-order valence-electron chi connectivity index (χ0n) is 6.15. The van der Waals surface area contributed by atoms with Crippen LogP contribution in [0.15, 0.2) is 0 Å². The zero-order chi connectivity index (χ0) is 11.4. The Morgan fingerprint density at radius 3 is 1.14 bits per heavy atom. The van der Waals surface area contributed by atoms with E-state index in [9.17, 15) is 18.9 Å². The molecule has 0 aliphatic heterocycles. The van der Waals surface area contributed by atoms with Crippen LogP contribution in [0.3, 0.4) is 0 Å². The minimum absolute atomic E-state index is 2.21. The van der Waals surface area contributed by atoms with Gasteiger partial charge in [-0.05, 0) is 0 Å². The number of rotatable bonds is 3. The maximum atomic E-state index is 10.8. The second kappa shape index (κ2) is 4.33. The largest absolute Gasteiger partial charge is 0.661 e. The summed E-state index contributed by atoms with van der Waals surface area (Å²) >= 11 is 0. The molecule has 0 rings (SSSR count). The molecular formula is C3H3O10P. The Hall–Kier alpha value is -1.96. The Bertz CT molecular complexity index is 257. The molecule has 0 aliphatic rings. The third-order valence-electron chi connectivity index (χ3n) is 0.570. The Morgan fingerprint density at radius 1 is 0.786 bits per heavy atom. The van der Waals surface area contributed by atoms with Crippen LogP contribution in [-0.4, -0.2) is 33.8 Å². The van der Waals surface area contributed by atoms with Crippen molar-refractivity contribution in [3.05, 3.63) is 0 Å². The minimum atomic E-state index is -5.19. The highest BCUT2D eigenvalue weighted by molar-refractivity contribution is 7.50. The van der Waals surface area contributed by atoms with Crippen LogP contribution in [-0.2, 0) is 18.1 Å². The summed E-state index contributed by atoms with van der Waals surface area (Å²) in [4.78, 5) is 29.5. The summed E-state index contributed by atoms with van der Waals surface area (Å²) in [6.07, 6.45) is -6.64. The molecule has 0 amide bonds. The van der Waals surface area contributed by atoms with E-state index in [1.54, 1.807) is 0 Å². The summed E-state index contributed by atoms with van der Waals surface area (Å²) in [5.74, 6) is 0. The molecule has 0 saturated carbocycles. The van der Waals surface area contributed by atoms with Gasteiger partial charge in [0.05, 0.1) is 0 Å². The molecular weight excluding hydrogens is 227 g/mol. The number of carboxylic acid groups (broad SMARTS) is 3. The Labute approximate surface area is 75.2 Å². The van der Waals surface area contributed by atoms with Crippen LogP contribution in [0.2, 0.25) is 0 Å². The first-order valence-corrected chi connectivity index (χ1v) is 4.09. The fourth-order valence-electron chi connectivity index (χ4n) is 0.343. The lowest BCUT2D eigenvalue weighted by molar-refractivity contribution is 0.0845. The maximum absolute atomic E-state index is 10.8. The molecule has 0 radical (unpaired) electrons. The van der Waals surface area contributed by atoms with E-state index in [0.29, 0.717) is 0 Å². The summed E-state index contributed by atoms with van der Waals surface area (Å²) in [6, 6.07) is 0. The van der Waals surface area contributed by atoms with Crippen molar-refractivity contribution < 1.29 is 47.8 Å². The number of phosphoric ester groups is 1. The lowest BCUT2D eigenvalue weighted by Gasteiger charge is -2.09. The average molecular weight is 230 g/mol. The molecule has 3 N–H and O–H groups in total. The molecule has 14 heavy (non-hydrogen) atoms. The third kappa shape index (κ3) is 4.83. The summed E-state index contributed by atoms with van der Waals surface area (Å²) in [5.41, 5.74) is 0. The van der Waals surface area contributed by atoms with Crippen LogP contribution in [0.1, 0.15) is 0 Å². The van der Waals surface area contributed by atoms with Gasteiger partial charge in [0.25, 0.3) is 0 Å². The number of phosphoric acid groups is 1. The molecule has 0 aromatic rings. The predicted octanol–water partition coefficient (Wildman–Crippen LogP) is 1.18. The standard InChI is InChI=1S/C3H3O10P/c4-1(5)11-14(10,12-2(6)7)13-3(8)9/h(H,4,5)(H,6,7)(H,8,9). The molecule has 80 valence electrons. The molecule has 0 bridgehead atoms. The van der Waals surface area contributed by atoms with Gasteiger partial charge in [0.1, 0.15) is 0 Å². The first-order chi connectivity index (χ1) is 6.25. The van der Waals surface area contributed by atoms with E-state index in [1.807, 2.05) is 0 Å². The average Bonchev–Trinajstić information content (AvgIpc) is 1.76. The van der Waals surface area contributed by atoms with Crippen LogP contribution in [0.25, 0.3) is 0 Å². The molecule has 0 heterocycles. The van der Waals surface area contributed by atoms with Crippen molar-refractivity contribution in [2.45, 2.75) is 0 Å². The van der Waals surface area contributed by atoms with Crippen LogP contribution in [0, 0.1) is 0 Å². The maximum Gasteiger partial charge on any atom is 0.661 e. The van der Waals surface area contributed by atoms with E-state index in [1.165, 1.54) is 0 Å². The van der Waals surface area contributed by atoms with Crippen molar-refractivity contribution >= 4 is 26.3 Å². The van der Waals surface area contributed by atoms with Crippen molar-refractivity contribution in [2.75, 3.05) is 0 Å². The number of carbonyl (C=O) groups is 3. The molecule has 0 aromatic carbocycles. The van der Waals surface area contributed by atoms with Gasteiger partial charge in [-0.1, -0.05) is 0 Å². The Balaban J connectivity index is 4.66. The van der Waals surface area contributed by atoms with E-state index in [4.69, 9.17) is 15.3 Å². The summed E-state index contributed by atoms with van der Waals surface area (Å²) < 4.78 is 20.8. The monoisotopic (exact) mass is 230 g/mol. The van der Waals surface area contributed by atoms with E-state index >= 15 is 0 Å². The van der Waals surface area contributed by atoms with E-state index in [0.717, 1.165) is 0 Å². The highest BCUT2D eigenvalue weighted by Gasteiger charge is 2.39. The fourth-order valence-corrected chi connectivity index (χ4v) is 1.03. The lowest BCUT2D eigenvalue weighted by atomic mass is 11.5. The molecule has 0 spiro atoms. The summed E-state index contributed by atoms with van der Waals surface area (Å²) in [6.45, 7) is 0. The molecule has 0 aromatic heterocycles. The predicted molar refractivity (Wildman–Crippen MR) is 34.9 cm³/mol. The van der Waals surface area contributed by atoms with Gasteiger partial charge in [-0.15, -0.1) is 0 Å². The third-order valence-corrected chi connectivity index (χ3v) is 1.71. The number of hydrogen-bond acceptors (Lipinski definition) is 7. The van der Waals surface area contributed by atoms with Crippen molar-refractivity contribution in [3.63, 3.8) is 0 Å². The van der Waals surface area contributed by atoms with Gasteiger partial charge >= 0.3 is 26.3 Å². The Morgan fingerprint density at radius 2 is 1.00 bits per heavy atom. The van der Waals surface area contributed by atoms with Gasteiger partial charge in [0, 0.05) is 0 Å². The van der Waals surface area contributed by atoms with Gasteiger partial charge in [0.15, 0.2) is 0 Å². The molecule has 0 unspecified atom stereocenters. The smallest absolute Gasteiger partial charge is 0.449 e. The number of hydrogen-bond donors (Lipinski definition) is 3. The molecule has 0 atom stereocenters. The van der Waals surface area contributed by atoms with Crippen molar-refractivity contribution in [3.8, 4) is 0 Å². The molecule has 10 nitrogen and oxygen atoms in total. The van der Waals surface area contributed by atoms with Gasteiger partial charge < -0.3 is 28.9 Å². The minimum Gasteiger partial charge on any atom is -0.449 e. The van der Waals surface area contributed by atoms with Crippen LogP contribution in [0.4, 0.5) is 14.4 Å². The first-order valence-electron chi connectivity index (χ1n) is 2.63. The van der Waals surface area contributed by atoms with E-state index < -0.39 is 26.3 Å². The van der Waals surface area contributed by atoms with Crippen molar-refractivity contribution in [1.82, 2.24) is 0 Å². The summed E-state index contributed by atoms with van der Waals surface area (Å²) in [7, 11) is -5.19. The van der Waals surface area contributed by atoms with Crippen LogP contribution >= 0.6 is 7.82 Å². The molecule has 11 heteroatoms. The zero-order valence-corrected chi connectivity index (χ0v) is 7.04. The van der Waals surface area contributed by atoms with E-state index in [-0.39, 0.29) is 0 Å². The second-order valence-corrected chi connectivity index (χ2v) is 2.96. The molecule has 0 aliphatic carbocycles. The van der Waals surface area contributed by atoms with Gasteiger partial charge in [-0.3, -0.25) is 0 Å². The quantitative estimate of drug-likeness (QED) is 0.600. The van der Waals surface area contributed by atoms with Crippen LogP contribution in [0.5, 0.6) is 0 Å². The van der Waals surface area contributed by atoms with Gasteiger partial charge in [-0.2, -0.15) is 4.57 Å². The highest BCUT2D eigenvalue weighted by Crippen LogP contribution is 2.49. The highest BCUT2D eigenvalue weighted by atomic mass is 31.2. The topological polar surface area (TPSA) is 157 Å². The van der Waals surface area contributed by atoms with E-state index in [2.05, 4.69) is 13.6 Å². The molecule has 0 saturated heterocycles. The normalized spacial score (nSPS) is 10.0. The van der Waals surface area contributed by atoms with Gasteiger partial charge in [0.2, 0.25) is 0 Å². The van der Waals surface area contributed by atoms with Crippen LogP contribution < -0.4 is 0 Å². The SMILES string of the molecule is O=C(O)OP(=O)(OC(=O)O)OC(=O)O. The fraction of sp³-hybridized carbons (Fsp3) is 0. The lowest BCUT2D eigenvalue weighted by Crippen LogP contribution is -2.10. The first kappa shape index (κ1) is 12.0. The van der Waals surface area contributed by atoms with Crippen molar-refractivity contribution in [1.29, 1.82) is 0 Å². The molecule has 0 fully saturated rings. The van der Waals surface area contributed by atoms with Crippen molar-refractivity contribution in [2.24, 2.45) is 0 Å². The van der Waals surface area contributed by atoms with Gasteiger partial charge in [-0.25, -0.2) is 14.4 Å². The second-order valence-electron chi connectivity index (χ2n) is 1.52.